The fraction of sp³-hybridized carbons (Fsp3) is 0.600. The van der Waals surface area contributed by atoms with E-state index in [4.69, 9.17) is 0 Å². The summed E-state index contributed by atoms with van der Waals surface area (Å²) in [7, 11) is 0. The van der Waals surface area contributed by atoms with Crippen LogP contribution in [0.4, 0.5) is 0 Å². The molecule has 1 aromatic rings. The van der Waals surface area contributed by atoms with Crippen molar-refractivity contribution < 1.29 is 14.7 Å². The summed E-state index contributed by atoms with van der Waals surface area (Å²) in [5.74, 6) is -0.350. The molecule has 2 fully saturated rings. The van der Waals surface area contributed by atoms with Gasteiger partial charge in [0.15, 0.2) is 0 Å². The Morgan fingerprint density at radius 3 is 2.64 bits per heavy atom. The average molecular weight is 344 g/mol. The predicted molar refractivity (Wildman–Crippen MR) is 95.9 cm³/mol. The van der Waals surface area contributed by atoms with E-state index in [-0.39, 0.29) is 24.2 Å². The highest BCUT2D eigenvalue weighted by atomic mass is 16.3. The summed E-state index contributed by atoms with van der Waals surface area (Å²) in [5, 5.41) is 13.4. The molecule has 1 aliphatic carbocycles. The van der Waals surface area contributed by atoms with E-state index < -0.39 is 5.60 Å². The topological polar surface area (TPSA) is 69.6 Å². The van der Waals surface area contributed by atoms with Crippen molar-refractivity contribution in [3.63, 3.8) is 0 Å². The van der Waals surface area contributed by atoms with Crippen molar-refractivity contribution in [2.24, 2.45) is 5.92 Å². The van der Waals surface area contributed by atoms with Crippen LogP contribution in [0.15, 0.2) is 30.3 Å². The van der Waals surface area contributed by atoms with Gasteiger partial charge in [0.25, 0.3) is 0 Å². The highest BCUT2D eigenvalue weighted by molar-refractivity contribution is 5.89. The van der Waals surface area contributed by atoms with Crippen LogP contribution in [0.3, 0.4) is 0 Å². The molecule has 1 heterocycles. The molecule has 2 aliphatic rings. The molecule has 0 spiro atoms. The Morgan fingerprint density at radius 1 is 1.20 bits per heavy atom. The van der Waals surface area contributed by atoms with Crippen LogP contribution >= 0.6 is 0 Å². The molecule has 1 atom stereocenters. The van der Waals surface area contributed by atoms with Crippen LogP contribution in [-0.4, -0.2) is 47.1 Å². The molecule has 1 saturated heterocycles. The number of carbonyl (C=O) groups excluding carboxylic acids is 2. The van der Waals surface area contributed by atoms with Crippen molar-refractivity contribution in [2.75, 3.05) is 19.6 Å². The maximum absolute atomic E-state index is 12.4. The molecule has 136 valence electrons. The molecule has 0 aromatic heterocycles. The number of likely N-dealkylation sites (tertiary alicyclic amines) is 1. The molecule has 1 unspecified atom stereocenters. The van der Waals surface area contributed by atoms with Crippen molar-refractivity contribution in [1.82, 2.24) is 10.2 Å². The lowest BCUT2D eigenvalue weighted by Gasteiger charge is -2.32. The van der Waals surface area contributed by atoms with Gasteiger partial charge in [-0.15, -0.1) is 0 Å². The zero-order valence-electron chi connectivity index (χ0n) is 14.7. The van der Waals surface area contributed by atoms with E-state index in [9.17, 15) is 14.7 Å². The minimum absolute atomic E-state index is 0.0486. The summed E-state index contributed by atoms with van der Waals surface area (Å²) < 4.78 is 0. The third kappa shape index (κ3) is 4.82. The van der Waals surface area contributed by atoms with Crippen LogP contribution in [-0.2, 0) is 16.0 Å². The van der Waals surface area contributed by atoms with Gasteiger partial charge in [0.05, 0.1) is 11.5 Å². The first-order valence-electron chi connectivity index (χ1n) is 9.38. The van der Waals surface area contributed by atoms with Crippen LogP contribution in [0.25, 0.3) is 0 Å². The highest BCUT2D eigenvalue weighted by Crippen LogP contribution is 2.27. The number of hydrogen-bond donors (Lipinski definition) is 2. The summed E-state index contributed by atoms with van der Waals surface area (Å²) in [6.07, 6.45) is 5.77. The maximum Gasteiger partial charge on any atom is 0.225 e. The molecular formula is C20H28N2O3. The van der Waals surface area contributed by atoms with Crippen molar-refractivity contribution in [3.05, 3.63) is 35.9 Å². The largest absolute Gasteiger partial charge is 0.388 e. The summed E-state index contributed by atoms with van der Waals surface area (Å²) in [6, 6.07) is 10.1. The zero-order valence-corrected chi connectivity index (χ0v) is 14.7. The number of aliphatic hydroxyl groups is 1. The smallest absolute Gasteiger partial charge is 0.225 e. The Balaban J connectivity index is 1.45. The van der Waals surface area contributed by atoms with Crippen LogP contribution < -0.4 is 5.32 Å². The van der Waals surface area contributed by atoms with Gasteiger partial charge in [-0.25, -0.2) is 0 Å². The average Bonchev–Trinajstić information content (AvgIpc) is 3.00. The van der Waals surface area contributed by atoms with Gasteiger partial charge in [0.2, 0.25) is 11.8 Å². The van der Waals surface area contributed by atoms with Crippen molar-refractivity contribution >= 4 is 11.8 Å². The number of amides is 2. The van der Waals surface area contributed by atoms with Gasteiger partial charge >= 0.3 is 0 Å². The first kappa shape index (κ1) is 17.9. The minimum atomic E-state index is -0.760. The molecule has 2 amide bonds. The van der Waals surface area contributed by atoms with E-state index in [1.807, 2.05) is 18.2 Å². The van der Waals surface area contributed by atoms with Crippen LogP contribution in [0.2, 0.25) is 0 Å². The number of benzene rings is 1. The second-order valence-electron chi connectivity index (χ2n) is 7.48. The summed E-state index contributed by atoms with van der Waals surface area (Å²) in [6.45, 7) is 1.44. The zero-order chi connectivity index (χ0) is 17.7. The fourth-order valence-corrected chi connectivity index (χ4v) is 3.86. The number of hydrogen-bond acceptors (Lipinski definition) is 3. The van der Waals surface area contributed by atoms with Gasteiger partial charge in [0.1, 0.15) is 0 Å². The lowest BCUT2D eigenvalue weighted by atomic mass is 9.85. The lowest BCUT2D eigenvalue weighted by molar-refractivity contribution is -0.129. The van der Waals surface area contributed by atoms with E-state index >= 15 is 0 Å². The normalized spacial score (nSPS) is 22.8. The Kier molecular flexibility index (Phi) is 5.74. The molecule has 0 radical (unpaired) electrons. The Bertz CT molecular complexity index is 596. The van der Waals surface area contributed by atoms with E-state index in [0.29, 0.717) is 19.6 Å². The van der Waals surface area contributed by atoms with Gasteiger partial charge < -0.3 is 15.3 Å². The van der Waals surface area contributed by atoms with Gasteiger partial charge in [-0.3, -0.25) is 9.59 Å². The molecule has 1 aliphatic heterocycles. The quantitative estimate of drug-likeness (QED) is 0.828. The molecular weight excluding hydrogens is 316 g/mol. The maximum atomic E-state index is 12.4. The van der Waals surface area contributed by atoms with E-state index in [0.717, 1.165) is 38.5 Å². The number of nitrogens with zero attached hydrogens (tertiary/aromatic N) is 1. The second kappa shape index (κ2) is 8.00. The highest BCUT2D eigenvalue weighted by Gasteiger charge is 2.35. The van der Waals surface area contributed by atoms with Crippen molar-refractivity contribution in [2.45, 2.75) is 50.5 Å². The van der Waals surface area contributed by atoms with Crippen LogP contribution in [0.1, 0.15) is 44.1 Å². The Labute approximate surface area is 149 Å². The number of carbonyl (C=O) groups is 2. The molecule has 2 N–H and O–H groups in total. The summed E-state index contributed by atoms with van der Waals surface area (Å²) in [5.41, 5.74) is 0.437. The molecule has 5 nitrogen and oxygen atoms in total. The van der Waals surface area contributed by atoms with Crippen LogP contribution in [0, 0.1) is 5.92 Å². The second-order valence-corrected chi connectivity index (χ2v) is 7.48. The molecule has 0 bridgehead atoms. The predicted octanol–water partition coefficient (Wildman–Crippen LogP) is 1.89. The fourth-order valence-electron chi connectivity index (χ4n) is 3.86. The van der Waals surface area contributed by atoms with Crippen molar-refractivity contribution in [3.8, 4) is 0 Å². The molecule has 5 heteroatoms. The molecule has 1 aromatic carbocycles. The first-order chi connectivity index (χ1) is 12.1. The standard InChI is InChI=1S/C20H28N2O3/c23-18-13-17(14-22(18)12-9-16-7-3-1-4-8-16)19(24)21-15-20(25)10-5-2-6-11-20/h1,3-4,7-8,17,25H,2,5-6,9-15H2,(H,21,24). The third-order valence-electron chi connectivity index (χ3n) is 5.47. The molecule has 1 saturated carbocycles. The van der Waals surface area contributed by atoms with Gasteiger partial charge in [0, 0.05) is 26.1 Å². The minimum Gasteiger partial charge on any atom is -0.388 e. The van der Waals surface area contributed by atoms with Gasteiger partial charge in [-0.1, -0.05) is 49.6 Å². The van der Waals surface area contributed by atoms with Gasteiger partial charge in [-0.2, -0.15) is 0 Å². The summed E-state index contributed by atoms with van der Waals surface area (Å²) >= 11 is 0. The Hall–Kier alpha value is -1.88. The van der Waals surface area contributed by atoms with E-state index in [1.54, 1.807) is 4.90 Å². The van der Waals surface area contributed by atoms with E-state index in [2.05, 4.69) is 17.4 Å². The third-order valence-corrected chi connectivity index (χ3v) is 5.47. The Morgan fingerprint density at radius 2 is 1.92 bits per heavy atom. The number of rotatable bonds is 6. The first-order valence-corrected chi connectivity index (χ1v) is 9.38. The van der Waals surface area contributed by atoms with E-state index in [1.165, 1.54) is 5.56 Å². The van der Waals surface area contributed by atoms with Crippen LogP contribution in [0.5, 0.6) is 0 Å². The monoisotopic (exact) mass is 344 g/mol. The lowest BCUT2D eigenvalue weighted by Crippen LogP contribution is -2.46. The molecule has 3 rings (SSSR count). The number of nitrogens with one attached hydrogen (secondary N) is 1. The summed E-state index contributed by atoms with van der Waals surface area (Å²) in [4.78, 5) is 26.4. The van der Waals surface area contributed by atoms with Gasteiger partial charge in [-0.05, 0) is 24.8 Å². The molecule has 25 heavy (non-hydrogen) atoms. The van der Waals surface area contributed by atoms with Crippen molar-refractivity contribution in [1.29, 1.82) is 0 Å². The SMILES string of the molecule is O=C(NCC1(O)CCCCC1)C1CC(=O)N(CCc2ccccc2)C1.